The highest BCUT2D eigenvalue weighted by atomic mass is 32.1. The molecule has 0 aromatic carbocycles. The van der Waals surface area contributed by atoms with Crippen LogP contribution in [0.3, 0.4) is 0 Å². The van der Waals surface area contributed by atoms with Crippen molar-refractivity contribution in [2.45, 2.75) is 58.1 Å². The standard InChI is InChI=1S/C16H28N4OS/c1-3-14-11-19-15(22-14)12-20-16(17-2)18-9-6-10-21-13-7-4-5-8-13/h11,13H,3-10,12H2,1-2H3,(H2,17,18,20). The van der Waals surface area contributed by atoms with Crippen molar-refractivity contribution in [1.82, 2.24) is 15.6 Å². The summed E-state index contributed by atoms with van der Waals surface area (Å²) in [6.07, 6.45) is 9.66. The number of aryl methyl sites for hydroxylation is 1. The van der Waals surface area contributed by atoms with Crippen LogP contribution in [-0.4, -0.2) is 37.2 Å². The molecule has 6 heteroatoms. The summed E-state index contributed by atoms with van der Waals surface area (Å²) < 4.78 is 5.85. The highest BCUT2D eigenvalue weighted by Gasteiger charge is 2.14. The molecule has 1 fully saturated rings. The maximum absolute atomic E-state index is 5.85. The molecule has 0 unspecified atom stereocenters. The third-order valence-corrected chi connectivity index (χ3v) is 4.99. The molecule has 1 saturated carbocycles. The Hall–Kier alpha value is -1.14. The van der Waals surface area contributed by atoms with Crippen molar-refractivity contribution in [3.8, 4) is 0 Å². The lowest BCUT2D eigenvalue weighted by atomic mass is 10.3. The second-order valence-electron chi connectivity index (χ2n) is 5.56. The van der Waals surface area contributed by atoms with Gasteiger partial charge in [0.2, 0.25) is 0 Å². The van der Waals surface area contributed by atoms with Gasteiger partial charge in [-0.2, -0.15) is 0 Å². The number of hydrogen-bond acceptors (Lipinski definition) is 4. The molecular formula is C16H28N4OS. The summed E-state index contributed by atoms with van der Waals surface area (Å²) in [5.74, 6) is 0.828. The molecule has 0 saturated heterocycles. The minimum atomic E-state index is 0.509. The Kier molecular flexibility index (Phi) is 7.66. The van der Waals surface area contributed by atoms with E-state index >= 15 is 0 Å². The zero-order valence-electron chi connectivity index (χ0n) is 13.7. The number of nitrogens with one attached hydrogen (secondary N) is 2. The molecule has 2 N–H and O–H groups in total. The number of guanidine groups is 1. The van der Waals surface area contributed by atoms with Gasteiger partial charge in [-0.15, -0.1) is 11.3 Å². The Balaban J connectivity index is 1.56. The number of ether oxygens (including phenoxy) is 1. The highest BCUT2D eigenvalue weighted by Crippen LogP contribution is 2.20. The number of rotatable bonds is 8. The third kappa shape index (κ3) is 5.93. The molecule has 0 atom stereocenters. The average Bonchev–Trinajstić information content (AvgIpc) is 3.21. The molecule has 1 aliphatic carbocycles. The van der Waals surface area contributed by atoms with E-state index in [1.54, 1.807) is 18.4 Å². The van der Waals surface area contributed by atoms with E-state index in [0.29, 0.717) is 6.10 Å². The van der Waals surface area contributed by atoms with Gasteiger partial charge in [-0.1, -0.05) is 19.8 Å². The minimum absolute atomic E-state index is 0.509. The normalized spacial score (nSPS) is 16.2. The number of nitrogens with zero attached hydrogens (tertiary/aromatic N) is 2. The summed E-state index contributed by atoms with van der Waals surface area (Å²) in [6, 6.07) is 0. The Morgan fingerprint density at radius 1 is 1.41 bits per heavy atom. The topological polar surface area (TPSA) is 58.5 Å². The molecule has 1 aromatic rings. The molecule has 1 aromatic heterocycles. The van der Waals surface area contributed by atoms with Gasteiger partial charge in [-0.05, 0) is 25.7 Å². The van der Waals surface area contributed by atoms with Gasteiger partial charge >= 0.3 is 0 Å². The van der Waals surface area contributed by atoms with Crippen LogP contribution in [0, 0.1) is 0 Å². The number of hydrogen-bond donors (Lipinski definition) is 2. The molecule has 2 rings (SSSR count). The van der Waals surface area contributed by atoms with Crippen LogP contribution in [0.25, 0.3) is 0 Å². The molecule has 5 nitrogen and oxygen atoms in total. The lowest BCUT2D eigenvalue weighted by Crippen LogP contribution is -2.37. The SMILES string of the molecule is CCc1cnc(CNC(=NC)NCCCOC2CCCC2)s1. The second-order valence-corrected chi connectivity index (χ2v) is 6.76. The monoisotopic (exact) mass is 324 g/mol. The van der Waals surface area contributed by atoms with Gasteiger partial charge in [-0.3, -0.25) is 4.99 Å². The minimum Gasteiger partial charge on any atom is -0.378 e. The van der Waals surface area contributed by atoms with Crippen LogP contribution >= 0.6 is 11.3 Å². The van der Waals surface area contributed by atoms with E-state index in [0.717, 1.165) is 43.5 Å². The van der Waals surface area contributed by atoms with Crippen LogP contribution in [0.2, 0.25) is 0 Å². The van der Waals surface area contributed by atoms with Gasteiger partial charge in [0.05, 0.1) is 12.6 Å². The zero-order valence-corrected chi connectivity index (χ0v) is 14.5. The third-order valence-electron chi connectivity index (χ3n) is 3.85. The first-order valence-corrected chi connectivity index (χ1v) is 9.13. The van der Waals surface area contributed by atoms with Gasteiger partial charge in [0.25, 0.3) is 0 Å². The summed E-state index contributed by atoms with van der Waals surface area (Å²) in [5.41, 5.74) is 0. The number of aliphatic imine (C=N–C) groups is 1. The van der Waals surface area contributed by atoms with Gasteiger partial charge in [0.1, 0.15) is 5.01 Å². The van der Waals surface area contributed by atoms with Crippen LogP contribution < -0.4 is 10.6 Å². The van der Waals surface area contributed by atoms with E-state index < -0.39 is 0 Å². The van der Waals surface area contributed by atoms with Crippen molar-refractivity contribution in [1.29, 1.82) is 0 Å². The number of aromatic nitrogens is 1. The summed E-state index contributed by atoms with van der Waals surface area (Å²) in [4.78, 5) is 9.96. The predicted octanol–water partition coefficient (Wildman–Crippen LogP) is 2.72. The maximum atomic E-state index is 5.85. The molecule has 0 radical (unpaired) electrons. The molecule has 1 heterocycles. The fraction of sp³-hybridized carbons (Fsp3) is 0.750. The molecule has 1 aliphatic rings. The molecular weight excluding hydrogens is 296 g/mol. The second kappa shape index (κ2) is 9.79. The van der Waals surface area contributed by atoms with E-state index in [1.165, 1.54) is 30.6 Å². The van der Waals surface area contributed by atoms with Crippen LogP contribution in [0.1, 0.15) is 48.9 Å². The molecule has 124 valence electrons. The van der Waals surface area contributed by atoms with E-state index in [2.05, 4.69) is 27.5 Å². The van der Waals surface area contributed by atoms with Crippen molar-refractivity contribution in [3.05, 3.63) is 16.1 Å². The molecule has 0 bridgehead atoms. The fourth-order valence-corrected chi connectivity index (χ4v) is 3.36. The lowest BCUT2D eigenvalue weighted by molar-refractivity contribution is 0.0574. The maximum Gasteiger partial charge on any atom is 0.191 e. The van der Waals surface area contributed by atoms with E-state index in [1.807, 2.05) is 6.20 Å². The van der Waals surface area contributed by atoms with Gasteiger partial charge in [0, 0.05) is 31.3 Å². The smallest absolute Gasteiger partial charge is 0.191 e. The first-order chi connectivity index (χ1) is 10.8. The van der Waals surface area contributed by atoms with Crippen molar-refractivity contribution in [3.63, 3.8) is 0 Å². The van der Waals surface area contributed by atoms with Crippen LogP contribution in [0.15, 0.2) is 11.2 Å². The van der Waals surface area contributed by atoms with Crippen molar-refractivity contribution >= 4 is 17.3 Å². The Bertz CT molecular complexity index is 455. The fourth-order valence-electron chi connectivity index (χ4n) is 2.56. The first-order valence-electron chi connectivity index (χ1n) is 8.31. The van der Waals surface area contributed by atoms with E-state index in [-0.39, 0.29) is 0 Å². The van der Waals surface area contributed by atoms with Crippen LogP contribution in [0.4, 0.5) is 0 Å². The van der Waals surface area contributed by atoms with Gasteiger partial charge < -0.3 is 15.4 Å². The van der Waals surface area contributed by atoms with Crippen molar-refractivity contribution in [2.24, 2.45) is 4.99 Å². The summed E-state index contributed by atoms with van der Waals surface area (Å²) >= 11 is 1.76. The Morgan fingerprint density at radius 2 is 2.23 bits per heavy atom. The molecule has 0 aliphatic heterocycles. The lowest BCUT2D eigenvalue weighted by Gasteiger charge is -2.13. The summed E-state index contributed by atoms with van der Waals surface area (Å²) in [5, 5.41) is 7.72. The first kappa shape index (κ1) is 17.2. The van der Waals surface area contributed by atoms with Crippen molar-refractivity contribution in [2.75, 3.05) is 20.2 Å². The van der Waals surface area contributed by atoms with Gasteiger partial charge in [-0.25, -0.2) is 4.98 Å². The highest BCUT2D eigenvalue weighted by molar-refractivity contribution is 7.11. The van der Waals surface area contributed by atoms with Crippen LogP contribution in [0.5, 0.6) is 0 Å². The van der Waals surface area contributed by atoms with E-state index in [4.69, 9.17) is 4.74 Å². The molecule has 0 amide bonds. The van der Waals surface area contributed by atoms with Gasteiger partial charge in [0.15, 0.2) is 5.96 Å². The van der Waals surface area contributed by atoms with Crippen molar-refractivity contribution < 1.29 is 4.74 Å². The zero-order chi connectivity index (χ0) is 15.6. The summed E-state index contributed by atoms with van der Waals surface area (Å²) in [6.45, 7) is 4.59. The Labute approximate surface area is 137 Å². The quantitative estimate of drug-likeness (QED) is 0.438. The average molecular weight is 324 g/mol. The Morgan fingerprint density at radius 3 is 2.91 bits per heavy atom. The van der Waals surface area contributed by atoms with Crippen LogP contribution in [-0.2, 0) is 17.7 Å². The van der Waals surface area contributed by atoms with E-state index in [9.17, 15) is 0 Å². The summed E-state index contributed by atoms with van der Waals surface area (Å²) in [7, 11) is 1.80. The number of thiazole rings is 1. The molecule has 0 spiro atoms. The molecule has 22 heavy (non-hydrogen) atoms. The predicted molar refractivity (Wildman–Crippen MR) is 92.5 cm³/mol. The largest absolute Gasteiger partial charge is 0.378 e.